The Labute approximate surface area is 192 Å². The molecule has 168 valence electrons. The van der Waals surface area contributed by atoms with Crippen molar-refractivity contribution in [3.63, 3.8) is 0 Å². The molecule has 0 saturated heterocycles. The highest BCUT2D eigenvalue weighted by atomic mass is 35.5. The van der Waals surface area contributed by atoms with Crippen LogP contribution in [0.15, 0.2) is 45.6 Å². The SMILES string of the molecule is CCCN1C(=O)c2oc3cc(C)c(Cl)cc3c(=O)c2C1c1cccc(OCCC(C)C)c1. The fourth-order valence-electron chi connectivity index (χ4n) is 4.15. The highest BCUT2D eigenvalue weighted by molar-refractivity contribution is 6.32. The van der Waals surface area contributed by atoms with Crippen LogP contribution in [0.3, 0.4) is 0 Å². The van der Waals surface area contributed by atoms with Crippen molar-refractivity contribution in [1.82, 2.24) is 4.90 Å². The summed E-state index contributed by atoms with van der Waals surface area (Å²) in [7, 11) is 0. The van der Waals surface area contributed by atoms with E-state index in [9.17, 15) is 9.59 Å². The number of fused-ring (bicyclic) bond motifs is 2. The first-order valence-electron chi connectivity index (χ1n) is 11.1. The van der Waals surface area contributed by atoms with Gasteiger partial charge >= 0.3 is 0 Å². The lowest BCUT2D eigenvalue weighted by atomic mass is 9.98. The van der Waals surface area contributed by atoms with Crippen molar-refractivity contribution in [2.45, 2.75) is 46.6 Å². The van der Waals surface area contributed by atoms with E-state index in [1.54, 1.807) is 17.0 Å². The molecule has 1 amide bonds. The van der Waals surface area contributed by atoms with Crippen LogP contribution < -0.4 is 10.2 Å². The van der Waals surface area contributed by atoms with Gasteiger partial charge in [-0.1, -0.05) is 44.5 Å². The van der Waals surface area contributed by atoms with Gasteiger partial charge in [0.25, 0.3) is 5.91 Å². The van der Waals surface area contributed by atoms with Crippen molar-refractivity contribution in [2.75, 3.05) is 13.2 Å². The van der Waals surface area contributed by atoms with Crippen LogP contribution in [0.2, 0.25) is 5.02 Å². The molecule has 6 heteroatoms. The van der Waals surface area contributed by atoms with Crippen LogP contribution >= 0.6 is 11.6 Å². The first-order valence-corrected chi connectivity index (χ1v) is 11.5. The summed E-state index contributed by atoms with van der Waals surface area (Å²) in [5.74, 6) is 1.13. The maximum atomic E-state index is 13.6. The summed E-state index contributed by atoms with van der Waals surface area (Å²) < 4.78 is 11.9. The Hall–Kier alpha value is -2.79. The van der Waals surface area contributed by atoms with Crippen molar-refractivity contribution < 1.29 is 13.9 Å². The van der Waals surface area contributed by atoms with E-state index in [-0.39, 0.29) is 17.1 Å². The Morgan fingerprint density at radius 3 is 2.69 bits per heavy atom. The molecule has 1 unspecified atom stereocenters. The van der Waals surface area contributed by atoms with Crippen LogP contribution in [0.1, 0.15) is 66.9 Å². The zero-order valence-corrected chi connectivity index (χ0v) is 19.7. The lowest BCUT2D eigenvalue weighted by molar-refractivity contribution is 0.0728. The van der Waals surface area contributed by atoms with E-state index in [1.165, 1.54) is 0 Å². The van der Waals surface area contributed by atoms with Gasteiger partial charge in [0.2, 0.25) is 5.76 Å². The third-order valence-electron chi connectivity index (χ3n) is 5.85. The number of aryl methyl sites for hydroxylation is 1. The van der Waals surface area contributed by atoms with Crippen LogP contribution in [0.4, 0.5) is 0 Å². The Morgan fingerprint density at radius 2 is 1.97 bits per heavy atom. The van der Waals surface area contributed by atoms with Gasteiger partial charge in [-0.2, -0.15) is 0 Å². The van der Waals surface area contributed by atoms with Crippen LogP contribution in [0.5, 0.6) is 5.75 Å². The van der Waals surface area contributed by atoms with E-state index in [1.807, 2.05) is 38.1 Å². The summed E-state index contributed by atoms with van der Waals surface area (Å²) in [6.45, 7) is 9.29. The Bertz CT molecular complexity index is 1230. The lowest BCUT2D eigenvalue weighted by Gasteiger charge is -2.25. The fraction of sp³-hybridized carbons (Fsp3) is 0.385. The maximum Gasteiger partial charge on any atom is 0.290 e. The van der Waals surface area contributed by atoms with Crippen molar-refractivity contribution in [1.29, 1.82) is 0 Å². The third-order valence-corrected chi connectivity index (χ3v) is 6.26. The van der Waals surface area contributed by atoms with Gasteiger partial charge in [-0.25, -0.2) is 0 Å². The number of hydrogen-bond donors (Lipinski definition) is 0. The zero-order chi connectivity index (χ0) is 23.0. The molecule has 0 N–H and O–H groups in total. The number of hydrogen-bond acceptors (Lipinski definition) is 4. The van der Waals surface area contributed by atoms with Gasteiger partial charge in [0, 0.05) is 11.6 Å². The average molecular weight is 454 g/mol. The first-order chi connectivity index (χ1) is 15.3. The first kappa shape index (κ1) is 22.4. The second kappa shape index (κ2) is 8.99. The molecule has 0 bridgehead atoms. The number of benzene rings is 2. The van der Waals surface area contributed by atoms with Crippen LogP contribution in [-0.2, 0) is 0 Å². The smallest absolute Gasteiger partial charge is 0.290 e. The molecule has 1 aromatic heterocycles. The van der Waals surface area contributed by atoms with Crippen molar-refractivity contribution in [3.05, 3.63) is 74.1 Å². The highest BCUT2D eigenvalue weighted by Gasteiger charge is 2.42. The van der Waals surface area contributed by atoms with Gasteiger partial charge in [0.1, 0.15) is 11.3 Å². The molecule has 1 atom stereocenters. The molecular weight excluding hydrogens is 426 g/mol. The van der Waals surface area contributed by atoms with E-state index >= 15 is 0 Å². The van der Waals surface area contributed by atoms with E-state index < -0.39 is 6.04 Å². The molecule has 1 aliphatic heterocycles. The number of rotatable bonds is 7. The van der Waals surface area contributed by atoms with Crippen LogP contribution in [0, 0.1) is 12.8 Å². The number of amides is 1. The number of carbonyl (C=O) groups is 1. The minimum atomic E-state index is -0.521. The monoisotopic (exact) mass is 453 g/mol. The number of nitrogens with zero attached hydrogens (tertiary/aromatic N) is 1. The fourth-order valence-corrected chi connectivity index (χ4v) is 4.31. The molecule has 0 fully saturated rings. The lowest BCUT2D eigenvalue weighted by Crippen LogP contribution is -2.30. The Kier molecular flexibility index (Phi) is 6.29. The quantitative estimate of drug-likeness (QED) is 0.431. The van der Waals surface area contributed by atoms with Crippen LogP contribution in [-0.4, -0.2) is 24.0 Å². The molecule has 0 aliphatic carbocycles. The number of halogens is 1. The molecule has 2 aromatic carbocycles. The standard InChI is InChI=1S/C26H28ClNO4/c1-5-10-28-23(17-7-6-8-18(13-17)31-11-9-15(2)3)22-24(29)19-14-20(27)16(4)12-21(19)32-25(22)26(28)30/h6-8,12-15,23H,5,9-11H2,1-4H3. The summed E-state index contributed by atoms with van der Waals surface area (Å²) in [5, 5.41) is 0.886. The van der Waals surface area contributed by atoms with E-state index in [4.69, 9.17) is 20.8 Å². The Balaban J connectivity index is 1.84. The van der Waals surface area contributed by atoms with Crippen molar-refractivity contribution >= 4 is 28.5 Å². The summed E-state index contributed by atoms with van der Waals surface area (Å²) >= 11 is 6.29. The zero-order valence-electron chi connectivity index (χ0n) is 18.9. The van der Waals surface area contributed by atoms with Crippen molar-refractivity contribution in [3.8, 4) is 5.75 Å². The van der Waals surface area contributed by atoms with Gasteiger partial charge in [0.05, 0.1) is 23.6 Å². The normalized spacial score (nSPS) is 15.6. The van der Waals surface area contributed by atoms with Gasteiger partial charge in [-0.3, -0.25) is 9.59 Å². The predicted octanol–water partition coefficient (Wildman–Crippen LogP) is 6.13. The second-order valence-electron chi connectivity index (χ2n) is 8.78. The molecule has 5 nitrogen and oxygen atoms in total. The average Bonchev–Trinajstić information content (AvgIpc) is 3.02. The summed E-state index contributed by atoms with van der Waals surface area (Å²) in [6, 6.07) is 10.5. The summed E-state index contributed by atoms with van der Waals surface area (Å²) in [6.07, 6.45) is 1.71. The second-order valence-corrected chi connectivity index (χ2v) is 9.18. The highest BCUT2D eigenvalue weighted by Crippen LogP contribution is 2.39. The molecular formula is C26H28ClNO4. The number of carbonyl (C=O) groups excluding carboxylic acids is 1. The van der Waals surface area contributed by atoms with Crippen molar-refractivity contribution in [2.24, 2.45) is 5.92 Å². The molecule has 2 heterocycles. The minimum absolute atomic E-state index is 0.119. The summed E-state index contributed by atoms with van der Waals surface area (Å²) in [5.41, 5.74) is 2.16. The van der Waals surface area contributed by atoms with Gasteiger partial charge in [-0.15, -0.1) is 0 Å². The molecule has 0 spiro atoms. The number of ether oxygens (including phenoxy) is 1. The van der Waals surface area contributed by atoms with Crippen LogP contribution in [0.25, 0.3) is 11.0 Å². The van der Waals surface area contributed by atoms with Gasteiger partial charge in [-0.05, 0) is 61.1 Å². The van der Waals surface area contributed by atoms with E-state index in [0.29, 0.717) is 40.6 Å². The summed E-state index contributed by atoms with van der Waals surface area (Å²) in [4.78, 5) is 28.6. The topological polar surface area (TPSA) is 59.8 Å². The Morgan fingerprint density at radius 1 is 1.19 bits per heavy atom. The largest absolute Gasteiger partial charge is 0.494 e. The maximum absolute atomic E-state index is 13.6. The molecule has 1 aliphatic rings. The van der Waals surface area contributed by atoms with Gasteiger partial charge in [0.15, 0.2) is 5.43 Å². The molecule has 0 radical (unpaired) electrons. The minimum Gasteiger partial charge on any atom is -0.494 e. The molecule has 32 heavy (non-hydrogen) atoms. The third kappa shape index (κ3) is 4.02. The molecule has 3 aromatic rings. The molecule has 4 rings (SSSR count). The van der Waals surface area contributed by atoms with Gasteiger partial charge < -0.3 is 14.1 Å². The predicted molar refractivity (Wildman–Crippen MR) is 127 cm³/mol. The molecule has 0 saturated carbocycles. The van der Waals surface area contributed by atoms with E-state index in [2.05, 4.69) is 13.8 Å². The van der Waals surface area contributed by atoms with E-state index in [0.717, 1.165) is 29.7 Å².